The van der Waals surface area contributed by atoms with Gasteiger partial charge < -0.3 is 4.98 Å². The second kappa shape index (κ2) is 3.89. The van der Waals surface area contributed by atoms with Crippen LogP contribution in [0.3, 0.4) is 0 Å². The van der Waals surface area contributed by atoms with Crippen molar-refractivity contribution in [1.29, 1.82) is 0 Å². The third-order valence-electron chi connectivity index (χ3n) is 2.58. The van der Waals surface area contributed by atoms with Crippen molar-refractivity contribution in [3.8, 4) is 10.7 Å². The highest BCUT2D eigenvalue weighted by Crippen LogP contribution is 2.25. The van der Waals surface area contributed by atoms with Gasteiger partial charge in [0.2, 0.25) is 0 Å². The number of rotatable bonds is 2. The molecule has 0 atom stereocenters. The van der Waals surface area contributed by atoms with Crippen molar-refractivity contribution in [2.45, 2.75) is 20.3 Å². The molecule has 0 aliphatic carbocycles. The van der Waals surface area contributed by atoms with Gasteiger partial charge in [-0.25, -0.2) is 9.97 Å². The average Bonchev–Trinajstić information content (AvgIpc) is 2.93. The van der Waals surface area contributed by atoms with Crippen molar-refractivity contribution < 1.29 is 0 Å². The maximum absolute atomic E-state index is 4.47. The molecule has 1 N–H and O–H groups in total. The predicted octanol–water partition coefficient (Wildman–Crippen LogP) is 2.35. The molecule has 0 spiro atoms. The van der Waals surface area contributed by atoms with Gasteiger partial charge in [-0.15, -0.1) is 5.10 Å². The number of aromatic amines is 1. The largest absolute Gasteiger partial charge is 0.336 e. The average molecular weight is 245 g/mol. The Labute approximate surface area is 102 Å². The number of aryl methyl sites for hydroxylation is 2. The fourth-order valence-electron chi connectivity index (χ4n) is 1.73. The third kappa shape index (κ3) is 1.70. The molecule has 5 nitrogen and oxygen atoms in total. The van der Waals surface area contributed by atoms with Gasteiger partial charge in [0.05, 0.1) is 11.2 Å². The molecule has 86 valence electrons. The molecule has 3 aromatic heterocycles. The number of aromatic nitrogens is 5. The van der Waals surface area contributed by atoms with E-state index < -0.39 is 0 Å². The van der Waals surface area contributed by atoms with Crippen LogP contribution in [0, 0.1) is 6.92 Å². The second-order valence-electron chi connectivity index (χ2n) is 3.87. The molecule has 0 aliphatic heterocycles. The fraction of sp³-hybridized carbons (Fsp3) is 0.273. The first-order chi connectivity index (χ1) is 8.28. The van der Waals surface area contributed by atoms with Gasteiger partial charge >= 0.3 is 0 Å². The van der Waals surface area contributed by atoms with E-state index in [1.165, 1.54) is 11.5 Å². The molecule has 3 rings (SSSR count). The molecule has 0 aliphatic rings. The molecule has 3 aromatic rings. The van der Waals surface area contributed by atoms with Crippen molar-refractivity contribution in [3.63, 3.8) is 0 Å². The van der Waals surface area contributed by atoms with Crippen molar-refractivity contribution in [2.24, 2.45) is 0 Å². The van der Waals surface area contributed by atoms with Crippen molar-refractivity contribution >= 4 is 22.7 Å². The summed E-state index contributed by atoms with van der Waals surface area (Å²) in [5.74, 6) is 0.810. The van der Waals surface area contributed by atoms with Crippen LogP contribution in [0.1, 0.15) is 18.2 Å². The summed E-state index contributed by atoms with van der Waals surface area (Å²) in [5.41, 5.74) is 3.79. The number of imidazole rings is 1. The summed E-state index contributed by atoms with van der Waals surface area (Å²) in [4.78, 5) is 13.0. The van der Waals surface area contributed by atoms with Gasteiger partial charge in [-0.05, 0) is 36.5 Å². The van der Waals surface area contributed by atoms with Gasteiger partial charge in [0, 0.05) is 6.20 Å². The normalized spacial score (nSPS) is 11.2. The minimum absolute atomic E-state index is 0.737. The Morgan fingerprint density at radius 3 is 3.12 bits per heavy atom. The molecule has 0 saturated carbocycles. The SMILES string of the molecule is CCc1nnsc1-c1nc2ncc(C)cc2[nH]1. The minimum atomic E-state index is 0.737. The Balaban J connectivity index is 2.18. The molecule has 0 fully saturated rings. The quantitative estimate of drug-likeness (QED) is 0.752. The van der Waals surface area contributed by atoms with Crippen LogP contribution in [-0.2, 0) is 6.42 Å². The molecule has 0 amide bonds. The lowest BCUT2D eigenvalue weighted by Crippen LogP contribution is -1.85. The highest BCUT2D eigenvalue weighted by molar-refractivity contribution is 7.09. The number of hydrogen-bond acceptors (Lipinski definition) is 5. The van der Waals surface area contributed by atoms with Gasteiger partial charge in [0.1, 0.15) is 4.88 Å². The highest BCUT2D eigenvalue weighted by atomic mass is 32.1. The van der Waals surface area contributed by atoms with E-state index in [2.05, 4.69) is 31.5 Å². The number of fused-ring (bicyclic) bond motifs is 1. The van der Waals surface area contributed by atoms with E-state index >= 15 is 0 Å². The third-order valence-corrected chi connectivity index (χ3v) is 3.35. The lowest BCUT2D eigenvalue weighted by molar-refractivity contribution is 0.990. The maximum Gasteiger partial charge on any atom is 0.178 e. The van der Waals surface area contributed by atoms with E-state index in [0.717, 1.165) is 39.5 Å². The summed E-state index contributed by atoms with van der Waals surface area (Å²) in [6.45, 7) is 4.07. The maximum atomic E-state index is 4.47. The van der Waals surface area contributed by atoms with Gasteiger partial charge in [0.15, 0.2) is 11.5 Å². The summed E-state index contributed by atoms with van der Waals surface area (Å²) in [7, 11) is 0. The molecule has 0 aromatic carbocycles. The van der Waals surface area contributed by atoms with E-state index in [1.807, 2.05) is 19.2 Å². The molecular formula is C11H11N5S. The highest BCUT2D eigenvalue weighted by Gasteiger charge is 2.13. The zero-order valence-electron chi connectivity index (χ0n) is 9.56. The molecule has 0 unspecified atom stereocenters. The minimum Gasteiger partial charge on any atom is -0.336 e. The van der Waals surface area contributed by atoms with Gasteiger partial charge in [-0.3, -0.25) is 0 Å². The molecule has 3 heterocycles. The number of hydrogen-bond donors (Lipinski definition) is 1. The van der Waals surface area contributed by atoms with Crippen molar-refractivity contribution in [2.75, 3.05) is 0 Å². The van der Waals surface area contributed by atoms with E-state index in [9.17, 15) is 0 Å². The monoisotopic (exact) mass is 245 g/mol. The summed E-state index contributed by atoms with van der Waals surface area (Å²) < 4.78 is 3.97. The van der Waals surface area contributed by atoms with Crippen molar-refractivity contribution in [3.05, 3.63) is 23.5 Å². The summed E-state index contributed by atoms with van der Waals surface area (Å²) in [6.07, 6.45) is 2.67. The zero-order chi connectivity index (χ0) is 11.8. The Hall–Kier alpha value is -1.82. The molecule has 6 heteroatoms. The van der Waals surface area contributed by atoms with Gasteiger partial charge in [0.25, 0.3) is 0 Å². The Morgan fingerprint density at radius 2 is 2.29 bits per heavy atom. The Bertz CT molecular complexity index is 669. The zero-order valence-corrected chi connectivity index (χ0v) is 10.4. The van der Waals surface area contributed by atoms with Crippen LogP contribution in [0.15, 0.2) is 12.3 Å². The fourth-order valence-corrected chi connectivity index (χ4v) is 2.43. The lowest BCUT2D eigenvalue weighted by atomic mass is 10.3. The van der Waals surface area contributed by atoms with E-state index in [1.54, 1.807) is 0 Å². The summed E-state index contributed by atoms with van der Waals surface area (Å²) in [6, 6.07) is 2.04. The standard InChI is InChI=1S/C11H11N5S/c1-3-7-9(17-16-15-7)11-13-8-4-6(2)5-12-10(8)14-11/h4-5H,3H2,1-2H3,(H,12,13,14). The van der Waals surface area contributed by atoms with Crippen LogP contribution in [0.25, 0.3) is 21.9 Å². The van der Waals surface area contributed by atoms with Gasteiger partial charge in [-0.1, -0.05) is 11.4 Å². The number of H-pyrrole nitrogens is 1. The number of nitrogens with one attached hydrogen (secondary N) is 1. The van der Waals surface area contributed by atoms with Crippen LogP contribution < -0.4 is 0 Å². The van der Waals surface area contributed by atoms with E-state index in [0.29, 0.717) is 0 Å². The van der Waals surface area contributed by atoms with Crippen molar-refractivity contribution in [1.82, 2.24) is 24.5 Å². The topological polar surface area (TPSA) is 67.3 Å². The van der Waals surface area contributed by atoms with Crippen LogP contribution in [0.2, 0.25) is 0 Å². The van der Waals surface area contributed by atoms with E-state index in [4.69, 9.17) is 0 Å². The van der Waals surface area contributed by atoms with E-state index in [-0.39, 0.29) is 0 Å². The van der Waals surface area contributed by atoms with Gasteiger partial charge in [-0.2, -0.15) is 0 Å². The molecule has 17 heavy (non-hydrogen) atoms. The summed E-state index contributed by atoms with van der Waals surface area (Å²) >= 11 is 1.36. The first-order valence-corrected chi connectivity index (χ1v) is 6.19. The Morgan fingerprint density at radius 1 is 1.41 bits per heavy atom. The summed E-state index contributed by atoms with van der Waals surface area (Å²) in [5, 5.41) is 4.09. The lowest BCUT2D eigenvalue weighted by Gasteiger charge is -1.91. The first-order valence-electron chi connectivity index (χ1n) is 5.42. The van der Waals surface area contributed by atoms with Crippen LogP contribution >= 0.6 is 11.5 Å². The van der Waals surface area contributed by atoms with Crippen LogP contribution in [0.5, 0.6) is 0 Å². The molecular weight excluding hydrogens is 234 g/mol. The first kappa shape index (κ1) is 10.3. The second-order valence-corrected chi connectivity index (χ2v) is 4.63. The predicted molar refractivity (Wildman–Crippen MR) is 66.9 cm³/mol. The molecule has 0 bridgehead atoms. The Kier molecular flexibility index (Phi) is 2.36. The molecule has 0 saturated heterocycles. The smallest absolute Gasteiger partial charge is 0.178 e. The molecule has 0 radical (unpaired) electrons. The number of pyridine rings is 1. The van der Waals surface area contributed by atoms with Crippen LogP contribution in [-0.4, -0.2) is 24.5 Å². The number of nitrogens with zero attached hydrogens (tertiary/aromatic N) is 4. The van der Waals surface area contributed by atoms with Crippen LogP contribution in [0.4, 0.5) is 0 Å².